The summed E-state index contributed by atoms with van der Waals surface area (Å²) in [5, 5.41) is 10.9. The molecule has 6 nitrogen and oxygen atoms in total. The van der Waals surface area contributed by atoms with Crippen LogP contribution in [-0.2, 0) is 15.6 Å². The van der Waals surface area contributed by atoms with Crippen LogP contribution in [0.1, 0.15) is 49.6 Å². The van der Waals surface area contributed by atoms with Gasteiger partial charge in [0, 0.05) is 6.04 Å². The Balaban J connectivity index is 1.96. The molecular formula is C14H19NO5S. The second kappa shape index (κ2) is 6.89. The Labute approximate surface area is 125 Å². The summed E-state index contributed by atoms with van der Waals surface area (Å²) in [6.45, 7) is 1.55. The van der Waals surface area contributed by atoms with E-state index in [4.69, 9.17) is 9.52 Å². The van der Waals surface area contributed by atoms with Crippen LogP contribution in [0.25, 0.3) is 0 Å². The van der Waals surface area contributed by atoms with Gasteiger partial charge in [-0.1, -0.05) is 19.3 Å². The third-order valence-corrected chi connectivity index (χ3v) is 5.10. The molecule has 2 unspecified atom stereocenters. The first kappa shape index (κ1) is 15.8. The summed E-state index contributed by atoms with van der Waals surface area (Å²) in [4.78, 5) is 22.8. The Morgan fingerprint density at radius 1 is 1.33 bits per heavy atom. The van der Waals surface area contributed by atoms with E-state index in [0.29, 0.717) is 0 Å². The lowest BCUT2D eigenvalue weighted by Gasteiger charge is -2.24. The zero-order valence-corrected chi connectivity index (χ0v) is 12.6. The van der Waals surface area contributed by atoms with E-state index in [1.807, 2.05) is 0 Å². The summed E-state index contributed by atoms with van der Waals surface area (Å²) in [6.07, 6.45) is 5.30. The highest BCUT2D eigenvalue weighted by atomic mass is 32.2. The molecule has 1 aliphatic rings. The Morgan fingerprint density at radius 2 is 2.00 bits per heavy atom. The van der Waals surface area contributed by atoms with Gasteiger partial charge < -0.3 is 14.8 Å². The molecular weight excluding hydrogens is 294 g/mol. The van der Waals surface area contributed by atoms with Gasteiger partial charge >= 0.3 is 5.97 Å². The van der Waals surface area contributed by atoms with E-state index in [0.717, 1.165) is 25.7 Å². The van der Waals surface area contributed by atoms with Crippen LogP contribution in [0.4, 0.5) is 0 Å². The van der Waals surface area contributed by atoms with E-state index < -0.39 is 22.0 Å². The minimum atomic E-state index is -1.70. The molecule has 0 aliphatic heterocycles. The van der Waals surface area contributed by atoms with Crippen LogP contribution in [0, 0.1) is 0 Å². The Morgan fingerprint density at radius 3 is 2.57 bits per heavy atom. The van der Waals surface area contributed by atoms with Crippen LogP contribution in [-0.4, -0.2) is 32.5 Å². The van der Waals surface area contributed by atoms with E-state index in [2.05, 4.69) is 5.32 Å². The number of nitrogens with one attached hydrogen (secondary N) is 1. The number of carbonyl (C=O) groups excluding carboxylic acids is 1. The van der Waals surface area contributed by atoms with E-state index in [9.17, 15) is 13.8 Å². The van der Waals surface area contributed by atoms with Crippen LogP contribution >= 0.6 is 0 Å². The molecule has 1 heterocycles. The molecule has 1 aliphatic carbocycles. The number of carboxylic acids is 1. The van der Waals surface area contributed by atoms with Crippen molar-refractivity contribution in [3.8, 4) is 0 Å². The van der Waals surface area contributed by atoms with Gasteiger partial charge in [0.05, 0.1) is 0 Å². The van der Waals surface area contributed by atoms with Crippen molar-refractivity contribution in [2.24, 2.45) is 0 Å². The fourth-order valence-electron chi connectivity index (χ4n) is 2.38. The molecule has 1 amide bonds. The minimum Gasteiger partial charge on any atom is -0.475 e. The maximum atomic E-state index is 12.2. The summed E-state index contributed by atoms with van der Waals surface area (Å²) < 4.78 is 17.2. The number of aromatic carboxylic acids is 1. The van der Waals surface area contributed by atoms with Crippen molar-refractivity contribution in [1.29, 1.82) is 0 Å². The van der Waals surface area contributed by atoms with E-state index in [1.54, 1.807) is 6.92 Å². The number of hydrogen-bond donors (Lipinski definition) is 2. The summed E-state index contributed by atoms with van der Waals surface area (Å²) in [7, 11) is -1.70. The number of carbonyl (C=O) groups is 2. The van der Waals surface area contributed by atoms with Gasteiger partial charge in [0.25, 0.3) is 0 Å². The standard InChI is InChI=1S/C14H19NO5S/c1-9(13(16)15-10-5-3-2-4-6-10)21(19)12-8-7-11(20-12)14(17)18/h7-10H,2-6H2,1H3,(H,15,16)(H,17,18). The molecule has 0 bridgehead atoms. The highest BCUT2D eigenvalue weighted by molar-refractivity contribution is 7.86. The summed E-state index contributed by atoms with van der Waals surface area (Å²) in [6, 6.07) is 2.72. The number of rotatable bonds is 5. The smallest absolute Gasteiger partial charge is 0.371 e. The number of furan rings is 1. The molecule has 1 aromatic rings. The number of amides is 1. The number of hydrogen-bond acceptors (Lipinski definition) is 4. The Hall–Kier alpha value is -1.63. The molecule has 0 radical (unpaired) electrons. The van der Waals surface area contributed by atoms with Crippen LogP contribution in [0.15, 0.2) is 21.6 Å². The lowest BCUT2D eigenvalue weighted by atomic mass is 9.95. The van der Waals surface area contributed by atoms with E-state index in [1.165, 1.54) is 18.6 Å². The third kappa shape index (κ3) is 3.93. The number of carboxylic acid groups (broad SMARTS) is 1. The van der Waals surface area contributed by atoms with Crippen molar-refractivity contribution < 1.29 is 23.3 Å². The van der Waals surface area contributed by atoms with Gasteiger partial charge in [-0.3, -0.25) is 9.00 Å². The van der Waals surface area contributed by atoms with Crippen LogP contribution in [0.5, 0.6) is 0 Å². The summed E-state index contributed by atoms with van der Waals surface area (Å²) in [5.41, 5.74) is 0. The lowest BCUT2D eigenvalue weighted by molar-refractivity contribution is -0.121. The molecule has 0 saturated heterocycles. The van der Waals surface area contributed by atoms with E-state index >= 15 is 0 Å². The molecule has 2 N–H and O–H groups in total. The predicted molar refractivity (Wildman–Crippen MR) is 76.6 cm³/mol. The second-order valence-electron chi connectivity index (χ2n) is 5.21. The fraction of sp³-hybridized carbons (Fsp3) is 0.571. The predicted octanol–water partition coefficient (Wildman–Crippen LogP) is 1.92. The summed E-state index contributed by atoms with van der Waals surface area (Å²) >= 11 is 0. The monoisotopic (exact) mass is 313 g/mol. The van der Waals surface area contributed by atoms with Crippen molar-refractivity contribution in [1.82, 2.24) is 5.32 Å². The second-order valence-corrected chi connectivity index (χ2v) is 6.91. The highest BCUT2D eigenvalue weighted by Crippen LogP contribution is 2.19. The molecule has 0 spiro atoms. The molecule has 7 heteroatoms. The van der Waals surface area contributed by atoms with Crippen LogP contribution < -0.4 is 5.32 Å². The molecule has 2 atom stereocenters. The van der Waals surface area contributed by atoms with Crippen molar-refractivity contribution in [3.05, 3.63) is 17.9 Å². The van der Waals surface area contributed by atoms with Crippen LogP contribution in [0.2, 0.25) is 0 Å². The maximum Gasteiger partial charge on any atom is 0.371 e. The zero-order valence-electron chi connectivity index (χ0n) is 11.8. The van der Waals surface area contributed by atoms with Gasteiger partial charge in [-0.25, -0.2) is 4.79 Å². The first-order chi connectivity index (χ1) is 9.99. The topological polar surface area (TPSA) is 96.6 Å². The van der Waals surface area contributed by atoms with Gasteiger partial charge in [-0.05, 0) is 31.9 Å². The average Bonchev–Trinajstić information content (AvgIpc) is 2.96. The van der Waals surface area contributed by atoms with Gasteiger partial charge in [0.1, 0.15) is 16.0 Å². The van der Waals surface area contributed by atoms with Gasteiger partial charge in [-0.15, -0.1) is 0 Å². The zero-order chi connectivity index (χ0) is 15.4. The quantitative estimate of drug-likeness (QED) is 0.865. The molecule has 116 valence electrons. The largest absolute Gasteiger partial charge is 0.475 e. The molecule has 1 fully saturated rings. The molecule has 2 rings (SSSR count). The summed E-state index contributed by atoms with van der Waals surface area (Å²) in [5.74, 6) is -1.79. The van der Waals surface area contributed by atoms with E-state index in [-0.39, 0.29) is 22.8 Å². The third-order valence-electron chi connectivity index (χ3n) is 3.63. The molecule has 0 aromatic carbocycles. The van der Waals surface area contributed by atoms with Crippen LogP contribution in [0.3, 0.4) is 0 Å². The van der Waals surface area contributed by atoms with Crippen molar-refractivity contribution in [2.45, 2.75) is 55.4 Å². The lowest BCUT2D eigenvalue weighted by Crippen LogP contribution is -2.42. The SMILES string of the molecule is CC(C(=O)NC1CCCCC1)S(=O)c1ccc(C(=O)O)o1. The molecule has 1 saturated carbocycles. The minimum absolute atomic E-state index is 0.0127. The van der Waals surface area contributed by atoms with Gasteiger partial charge in [0.15, 0.2) is 5.09 Å². The maximum absolute atomic E-state index is 12.2. The van der Waals surface area contributed by atoms with Gasteiger partial charge in [-0.2, -0.15) is 0 Å². The fourth-order valence-corrected chi connectivity index (χ4v) is 3.37. The van der Waals surface area contributed by atoms with Crippen molar-refractivity contribution in [3.63, 3.8) is 0 Å². The first-order valence-electron chi connectivity index (χ1n) is 7.03. The molecule has 21 heavy (non-hydrogen) atoms. The Kier molecular flexibility index (Phi) is 5.17. The molecule has 1 aromatic heterocycles. The van der Waals surface area contributed by atoms with Crippen molar-refractivity contribution >= 4 is 22.7 Å². The van der Waals surface area contributed by atoms with Crippen molar-refractivity contribution in [2.75, 3.05) is 0 Å². The average molecular weight is 313 g/mol. The van der Waals surface area contributed by atoms with Gasteiger partial charge in [0.2, 0.25) is 11.7 Å². The highest BCUT2D eigenvalue weighted by Gasteiger charge is 2.27. The first-order valence-corrected chi connectivity index (χ1v) is 8.24. The Bertz CT molecular complexity index is 547. The normalized spacial score (nSPS) is 18.9.